The minimum Gasteiger partial charge on any atom is -0.338 e. The van der Waals surface area contributed by atoms with Crippen LogP contribution in [0.3, 0.4) is 0 Å². The summed E-state index contributed by atoms with van der Waals surface area (Å²) in [5, 5.41) is 0. The van der Waals surface area contributed by atoms with E-state index in [0.29, 0.717) is 5.92 Å². The van der Waals surface area contributed by atoms with E-state index in [2.05, 4.69) is 11.9 Å². The summed E-state index contributed by atoms with van der Waals surface area (Å²) in [6.07, 6.45) is 3.73. The van der Waals surface area contributed by atoms with Gasteiger partial charge < -0.3 is 9.88 Å². The van der Waals surface area contributed by atoms with Crippen LogP contribution in [0.1, 0.15) is 30.1 Å². The van der Waals surface area contributed by atoms with Gasteiger partial charge in [-0.05, 0) is 30.9 Å². The van der Waals surface area contributed by atoms with Crippen LogP contribution in [-0.2, 0) is 0 Å². The predicted molar refractivity (Wildman–Crippen MR) is 61.4 cm³/mol. The van der Waals surface area contributed by atoms with Crippen molar-refractivity contribution in [2.24, 2.45) is 5.92 Å². The number of carbonyl (C=O) groups excluding carboxylic acids is 1. The van der Waals surface area contributed by atoms with Gasteiger partial charge >= 0.3 is 0 Å². The lowest BCUT2D eigenvalue weighted by Gasteiger charge is -2.30. The Morgan fingerprint density at radius 2 is 2.38 bits per heavy atom. The zero-order valence-electron chi connectivity index (χ0n) is 9.40. The maximum atomic E-state index is 12.1. The van der Waals surface area contributed by atoms with E-state index in [1.807, 2.05) is 0 Å². The highest BCUT2D eigenvalue weighted by atomic mass is 16.2. The van der Waals surface area contributed by atoms with Gasteiger partial charge in [0.15, 0.2) is 0 Å². The topological polar surface area (TPSA) is 53.2 Å². The molecule has 1 aromatic rings. The Morgan fingerprint density at radius 3 is 3.06 bits per heavy atom. The van der Waals surface area contributed by atoms with Crippen LogP contribution >= 0.6 is 0 Å². The van der Waals surface area contributed by atoms with Crippen LogP contribution in [0.4, 0.5) is 0 Å². The number of pyridine rings is 1. The average Bonchev–Trinajstić information content (AvgIpc) is 2.29. The molecule has 0 radical (unpaired) electrons. The Bertz CT molecular complexity index is 439. The highest BCUT2D eigenvalue weighted by molar-refractivity contribution is 5.93. The minimum absolute atomic E-state index is 0.145. The summed E-state index contributed by atoms with van der Waals surface area (Å²) in [6.45, 7) is 3.65. The number of nitrogens with one attached hydrogen (secondary N) is 1. The molecule has 4 nitrogen and oxygen atoms in total. The lowest BCUT2D eigenvalue weighted by molar-refractivity contribution is 0.0681. The third-order valence-corrected chi connectivity index (χ3v) is 2.99. The molecule has 0 bridgehead atoms. The van der Waals surface area contributed by atoms with Gasteiger partial charge in [0, 0.05) is 19.3 Å². The van der Waals surface area contributed by atoms with Crippen molar-refractivity contribution in [2.75, 3.05) is 13.1 Å². The summed E-state index contributed by atoms with van der Waals surface area (Å²) in [7, 11) is 0. The molecule has 1 N–H and O–H groups in total. The Labute approximate surface area is 94.3 Å². The molecule has 0 saturated carbocycles. The summed E-state index contributed by atoms with van der Waals surface area (Å²) in [5.41, 5.74) is -0.0534. The summed E-state index contributed by atoms with van der Waals surface area (Å²) >= 11 is 0. The maximum Gasteiger partial charge on any atom is 0.260 e. The van der Waals surface area contributed by atoms with Gasteiger partial charge in [-0.1, -0.05) is 6.92 Å². The van der Waals surface area contributed by atoms with Crippen LogP contribution in [0.2, 0.25) is 0 Å². The Kier molecular flexibility index (Phi) is 3.08. The maximum absolute atomic E-state index is 12.1. The zero-order chi connectivity index (χ0) is 11.5. The van der Waals surface area contributed by atoms with E-state index in [1.165, 1.54) is 6.20 Å². The molecule has 4 heteroatoms. The monoisotopic (exact) mass is 220 g/mol. The van der Waals surface area contributed by atoms with Gasteiger partial charge in [0.25, 0.3) is 11.5 Å². The van der Waals surface area contributed by atoms with E-state index >= 15 is 0 Å². The number of likely N-dealkylation sites (tertiary alicyclic amines) is 1. The van der Waals surface area contributed by atoms with Gasteiger partial charge in [0.2, 0.25) is 0 Å². The number of nitrogens with zero attached hydrogens (tertiary/aromatic N) is 1. The van der Waals surface area contributed by atoms with E-state index in [9.17, 15) is 9.59 Å². The van der Waals surface area contributed by atoms with Crippen LogP contribution in [-0.4, -0.2) is 28.9 Å². The summed E-state index contributed by atoms with van der Waals surface area (Å²) in [4.78, 5) is 27.9. The zero-order valence-corrected chi connectivity index (χ0v) is 9.40. The first-order chi connectivity index (χ1) is 7.68. The number of aromatic amines is 1. The molecular formula is C12H16N2O2. The van der Waals surface area contributed by atoms with Crippen molar-refractivity contribution in [1.29, 1.82) is 0 Å². The second-order valence-electron chi connectivity index (χ2n) is 4.41. The number of hydrogen-bond donors (Lipinski definition) is 1. The molecule has 0 aliphatic carbocycles. The van der Waals surface area contributed by atoms with E-state index in [-0.39, 0.29) is 17.0 Å². The fourth-order valence-electron chi connectivity index (χ4n) is 2.13. The van der Waals surface area contributed by atoms with Crippen LogP contribution in [0.15, 0.2) is 23.1 Å². The SMILES string of the molecule is CC1CCCN(C(=O)c2ccc[nH]c2=O)C1. The van der Waals surface area contributed by atoms with Gasteiger partial charge in [-0.25, -0.2) is 0 Å². The van der Waals surface area contributed by atoms with Gasteiger partial charge in [-0.15, -0.1) is 0 Å². The lowest BCUT2D eigenvalue weighted by atomic mass is 10.00. The molecule has 86 valence electrons. The second kappa shape index (κ2) is 4.51. The minimum atomic E-state index is -0.300. The molecule has 1 atom stereocenters. The molecule has 2 rings (SSSR count). The third-order valence-electron chi connectivity index (χ3n) is 2.99. The molecule has 1 amide bonds. The lowest BCUT2D eigenvalue weighted by Crippen LogP contribution is -2.41. The number of rotatable bonds is 1. The van der Waals surface area contributed by atoms with Crippen molar-refractivity contribution in [3.8, 4) is 0 Å². The molecular weight excluding hydrogens is 204 g/mol. The Hall–Kier alpha value is -1.58. The number of amides is 1. The van der Waals surface area contributed by atoms with E-state index in [4.69, 9.17) is 0 Å². The average molecular weight is 220 g/mol. The Morgan fingerprint density at radius 1 is 1.56 bits per heavy atom. The van der Waals surface area contributed by atoms with Gasteiger partial charge in [-0.3, -0.25) is 9.59 Å². The number of carbonyl (C=O) groups is 1. The molecule has 16 heavy (non-hydrogen) atoms. The number of aromatic nitrogens is 1. The highest BCUT2D eigenvalue weighted by Crippen LogP contribution is 2.16. The van der Waals surface area contributed by atoms with Crippen LogP contribution in [0.25, 0.3) is 0 Å². The summed E-state index contributed by atoms with van der Waals surface area (Å²) < 4.78 is 0. The number of piperidine rings is 1. The predicted octanol–water partition coefficient (Wildman–Crippen LogP) is 1.25. The van der Waals surface area contributed by atoms with Crippen molar-refractivity contribution in [3.05, 3.63) is 34.2 Å². The number of hydrogen-bond acceptors (Lipinski definition) is 2. The quantitative estimate of drug-likeness (QED) is 0.774. The van der Waals surface area contributed by atoms with Crippen molar-refractivity contribution < 1.29 is 4.79 Å². The van der Waals surface area contributed by atoms with Crippen molar-refractivity contribution in [3.63, 3.8) is 0 Å². The fraction of sp³-hybridized carbons (Fsp3) is 0.500. The molecule has 0 aromatic carbocycles. The van der Waals surface area contributed by atoms with Crippen LogP contribution < -0.4 is 5.56 Å². The number of H-pyrrole nitrogens is 1. The van der Waals surface area contributed by atoms with Crippen molar-refractivity contribution >= 4 is 5.91 Å². The van der Waals surface area contributed by atoms with E-state index in [0.717, 1.165) is 25.9 Å². The second-order valence-corrected chi connectivity index (χ2v) is 4.41. The van der Waals surface area contributed by atoms with Crippen molar-refractivity contribution in [1.82, 2.24) is 9.88 Å². The van der Waals surface area contributed by atoms with E-state index < -0.39 is 0 Å². The normalized spacial score (nSPS) is 20.8. The molecule has 1 aromatic heterocycles. The standard InChI is InChI=1S/C12H16N2O2/c1-9-4-3-7-14(8-9)12(16)10-5-2-6-13-11(10)15/h2,5-6,9H,3-4,7-8H2,1H3,(H,13,15). The summed E-state index contributed by atoms with van der Waals surface area (Å²) in [5.74, 6) is 0.383. The molecule has 1 saturated heterocycles. The molecule has 2 heterocycles. The first-order valence-corrected chi connectivity index (χ1v) is 5.65. The van der Waals surface area contributed by atoms with Gasteiger partial charge in [0.05, 0.1) is 0 Å². The molecule has 0 spiro atoms. The summed E-state index contributed by atoms with van der Waals surface area (Å²) in [6, 6.07) is 3.27. The van der Waals surface area contributed by atoms with Gasteiger partial charge in [0.1, 0.15) is 5.56 Å². The smallest absolute Gasteiger partial charge is 0.260 e. The van der Waals surface area contributed by atoms with Crippen LogP contribution in [0.5, 0.6) is 0 Å². The molecule has 1 aliphatic heterocycles. The molecule has 1 aliphatic rings. The highest BCUT2D eigenvalue weighted by Gasteiger charge is 2.23. The molecule has 1 unspecified atom stereocenters. The largest absolute Gasteiger partial charge is 0.338 e. The Balaban J connectivity index is 2.19. The van der Waals surface area contributed by atoms with Crippen molar-refractivity contribution in [2.45, 2.75) is 19.8 Å². The van der Waals surface area contributed by atoms with Gasteiger partial charge in [-0.2, -0.15) is 0 Å². The first kappa shape index (κ1) is 10.9. The first-order valence-electron chi connectivity index (χ1n) is 5.65. The molecule has 1 fully saturated rings. The fourth-order valence-corrected chi connectivity index (χ4v) is 2.13. The third kappa shape index (κ3) is 2.15. The van der Waals surface area contributed by atoms with Crippen LogP contribution in [0, 0.1) is 5.92 Å². The van der Waals surface area contributed by atoms with E-state index in [1.54, 1.807) is 17.0 Å².